The number of aromatic nitrogens is 2. The van der Waals surface area contributed by atoms with Crippen LogP contribution in [-0.2, 0) is 18.5 Å². The first-order chi connectivity index (χ1) is 39.1. The molecule has 0 N–H and O–H groups in total. The zero-order valence-electron chi connectivity index (χ0n) is 47.9. The lowest BCUT2D eigenvalue weighted by Gasteiger charge is -2.51. The van der Waals surface area contributed by atoms with Gasteiger partial charge in [0.05, 0.1) is 13.1 Å². The molecule has 0 saturated carbocycles. The third-order valence-electron chi connectivity index (χ3n) is 15.8. The summed E-state index contributed by atoms with van der Waals surface area (Å²) < 4.78 is 4.37. The van der Waals surface area contributed by atoms with Crippen molar-refractivity contribution in [2.45, 2.75) is 53.6 Å². The lowest BCUT2D eigenvalue weighted by atomic mass is 8.30. The lowest BCUT2D eigenvalue weighted by molar-refractivity contribution is 0.660. The van der Waals surface area contributed by atoms with Gasteiger partial charge in [-0.15, -0.1) is 12.8 Å². The van der Waals surface area contributed by atoms with E-state index < -0.39 is 95.8 Å². The molecule has 1 aliphatic rings. The summed E-state index contributed by atoms with van der Waals surface area (Å²) in [6, 6.07) is 51.0. The van der Waals surface area contributed by atoms with E-state index in [1.54, 1.807) is 0 Å². The summed E-state index contributed by atoms with van der Waals surface area (Å²) in [6.45, 7) is 9.84. The molecule has 35 heteroatoms. The van der Waals surface area contributed by atoms with Crippen molar-refractivity contribution in [1.29, 1.82) is 0 Å². The third kappa shape index (κ3) is 16.4. The zero-order valence-corrected chi connectivity index (χ0v) is 47.9. The molecule has 347 valence electrons. The number of nitrogens with zero attached hydrogens (tertiary/aromatic N) is 2. The Labute approximate surface area is 529 Å². The molecule has 1 aliphatic carbocycles. The van der Waals surface area contributed by atoms with Crippen LogP contribution in [0.15, 0.2) is 146 Å². The van der Waals surface area contributed by atoms with Gasteiger partial charge in [-0.25, -0.2) is 0 Å². The fourth-order valence-electron chi connectivity index (χ4n) is 12.3. The predicted molar refractivity (Wildman–Crippen MR) is 409 cm³/mol. The van der Waals surface area contributed by atoms with Crippen molar-refractivity contribution < 1.29 is 0 Å². The molecule has 6 aromatic carbocycles. The molecule has 0 spiro atoms. The summed E-state index contributed by atoms with van der Waals surface area (Å²) in [7, 11) is 105. The summed E-state index contributed by atoms with van der Waals surface area (Å²) in [5.74, 6) is 5.43. The highest BCUT2D eigenvalue weighted by Crippen LogP contribution is 2.48. The maximum absolute atomic E-state index is 6.21. The molecule has 83 heavy (non-hydrogen) atoms. The van der Waals surface area contributed by atoms with Crippen LogP contribution < -0.4 is 0 Å². The first-order valence-electron chi connectivity index (χ1n) is 27.7. The van der Waals surface area contributed by atoms with E-state index in [0.29, 0.717) is 13.1 Å². The fraction of sp³-hybridized carbons (Fsp3) is 0.167. The quantitative estimate of drug-likeness (QED) is 0.0897. The first kappa shape index (κ1) is 71.7. The van der Waals surface area contributed by atoms with E-state index in [0.717, 1.165) is 0 Å². The SMILES string of the molecule is C.C#CCn1c2ccccc2c2ccccc21.C#CCn1c2ccccc2c2ccccc21.CC.CC1(C)c2ccccc2-c2ccccc21.[B][B]B(B([B])[B])B(B([B])[B])B(B(B([B])[B])B([B])[B])B(B(B([B])[B])B([B])[B])B(B([B])[B])B([B])[B]. The van der Waals surface area contributed by atoms with Crippen molar-refractivity contribution >= 4 is 278 Å². The zero-order chi connectivity index (χ0) is 60.7. The fourth-order valence-corrected chi connectivity index (χ4v) is 12.3. The normalized spacial score (nSPS) is 10.8. The highest BCUT2D eigenvalue weighted by Gasteiger charge is 2.53. The Morgan fingerprint density at radius 3 is 0.855 bits per heavy atom. The second-order valence-electron chi connectivity index (χ2n) is 21.2. The molecule has 0 unspecified atom stereocenters. The van der Waals surface area contributed by atoms with Gasteiger partial charge in [0.15, 0.2) is 0 Å². The predicted octanol–water partition coefficient (Wildman–Crippen LogP) is -0.0558. The van der Waals surface area contributed by atoms with Crippen LogP contribution in [0.2, 0.25) is 0 Å². The van der Waals surface area contributed by atoms with Crippen LogP contribution in [0.3, 0.4) is 0 Å². The van der Waals surface area contributed by atoms with E-state index in [1.165, 1.54) is 72.9 Å². The molecule has 0 fully saturated rings. The Kier molecular flexibility index (Phi) is 28.8. The van der Waals surface area contributed by atoms with Gasteiger partial charge >= 0.3 is 0 Å². The first-order valence-corrected chi connectivity index (χ1v) is 27.7. The smallest absolute Gasteiger partial charge is 0.0841 e. The molecule has 2 aromatic heterocycles. The Bertz CT molecular complexity index is 3050. The number of hydrogen-bond acceptors (Lipinski definition) is 0. The van der Waals surface area contributed by atoms with Gasteiger partial charge in [-0.2, -0.15) is 0 Å². The molecular weight excluding hydrogens is 961 g/mol. The molecule has 0 amide bonds. The van der Waals surface area contributed by atoms with Crippen LogP contribution in [0.4, 0.5) is 0 Å². The molecule has 9 rings (SSSR count). The van der Waals surface area contributed by atoms with Gasteiger partial charge in [-0.1, -0.05) is 168 Å². The number of fused-ring (bicyclic) bond motifs is 9. The number of benzene rings is 6. The average Bonchev–Trinajstić information content (AvgIpc) is 4.25. The van der Waals surface area contributed by atoms with Gasteiger partial charge in [0.1, 0.15) is 0 Å². The lowest BCUT2D eigenvalue weighted by Crippen LogP contribution is -2.89. The van der Waals surface area contributed by atoms with Gasteiger partial charge in [-0.05, 0) is 46.5 Å². The van der Waals surface area contributed by atoms with Crippen molar-refractivity contribution in [2.24, 2.45) is 0 Å². The van der Waals surface area contributed by atoms with Crippen molar-refractivity contribution in [3.63, 3.8) is 0 Å². The second-order valence-corrected chi connectivity index (χ2v) is 21.2. The van der Waals surface area contributed by atoms with Crippen molar-refractivity contribution in [2.75, 3.05) is 0 Å². The van der Waals surface area contributed by atoms with Crippen LogP contribution in [0.5, 0.6) is 0 Å². The van der Waals surface area contributed by atoms with Gasteiger partial charge in [0.25, 0.3) is 0 Å². The summed E-state index contributed by atoms with van der Waals surface area (Å²) >= 11 is 0. The van der Waals surface area contributed by atoms with Crippen molar-refractivity contribution in [3.05, 3.63) is 157 Å². The van der Waals surface area contributed by atoms with Gasteiger partial charge < -0.3 is 9.13 Å². The van der Waals surface area contributed by atoms with E-state index >= 15 is 0 Å². The van der Waals surface area contributed by atoms with E-state index in [9.17, 15) is 0 Å². The molecule has 0 saturated heterocycles. The van der Waals surface area contributed by atoms with Crippen LogP contribution in [0, 0.1) is 24.7 Å². The average molecular weight is 1010 g/mol. The van der Waals surface area contributed by atoms with Crippen LogP contribution >= 0.6 is 0 Å². The summed E-state index contributed by atoms with van der Waals surface area (Å²) in [4.78, 5) is 0. The standard InChI is InChI=1S/2C15H11N.C15H14.C2H6.CH4.B33/c2*1-2-11-16-14-9-5-3-7-12(14)13-8-4-6-10-15(13)16;1-15(2)13-9-5-3-7-11(13)12-8-4-6-10-14(12)15;1-2;;1-18-27(19(2)3)31(26(16)17)33(30(24(12)13)25(14)15)32(28(20(4)5)21(6)7)29(22(8)9)23(10)11/h2*1,3-10H,11H2;3-10H,1-2H3;1-2H3;1H4;. The molecule has 8 aromatic rings. The van der Waals surface area contributed by atoms with E-state index in [2.05, 4.69) is 156 Å². The summed E-state index contributed by atoms with van der Waals surface area (Å²) in [5, 5.41) is 5.09. The highest BCUT2D eigenvalue weighted by atomic mass is 15.0. The molecule has 0 atom stereocenters. The monoisotopic (exact) mass is 1010 g/mol. The van der Waals surface area contributed by atoms with E-state index in [4.69, 9.17) is 144 Å². The topological polar surface area (TPSA) is 9.86 Å². The van der Waals surface area contributed by atoms with Gasteiger partial charge in [-0.3, -0.25) is 0 Å². The minimum atomic E-state index is -1.10. The van der Waals surface area contributed by atoms with Gasteiger partial charge in [0.2, 0.25) is 0 Å². The number of hydrogen-bond donors (Lipinski definition) is 0. The molecule has 35 radical (unpaired) electrons. The summed E-state index contributed by atoms with van der Waals surface area (Å²) in [5.41, 5.74) is 10.7. The maximum atomic E-state index is 6.21. The minimum absolute atomic E-state index is 0. The van der Waals surface area contributed by atoms with Crippen LogP contribution in [-0.4, -0.2) is 244 Å². The Morgan fingerprint density at radius 1 is 0.373 bits per heavy atom. The van der Waals surface area contributed by atoms with Crippen LogP contribution in [0.25, 0.3) is 54.7 Å². The number of terminal acetylenes is 2. The molecular formula is C48H46B33N2. The second kappa shape index (κ2) is 33.3. The minimum Gasteiger partial charge on any atom is -0.329 e. The Balaban J connectivity index is 0.000000248. The maximum Gasteiger partial charge on any atom is 0.0841 e. The van der Waals surface area contributed by atoms with Crippen molar-refractivity contribution in [3.8, 4) is 35.8 Å². The Morgan fingerprint density at radius 2 is 0.614 bits per heavy atom. The Hall–Kier alpha value is -3.82. The van der Waals surface area contributed by atoms with Crippen LogP contribution in [0.1, 0.15) is 46.2 Å². The molecule has 2 heterocycles. The number of para-hydroxylation sites is 4. The highest BCUT2D eigenvalue weighted by molar-refractivity contribution is 8.29. The molecule has 0 aliphatic heterocycles. The summed E-state index contributed by atoms with van der Waals surface area (Å²) in [6.07, 6.45) is -3.94. The largest absolute Gasteiger partial charge is 0.329 e. The van der Waals surface area contributed by atoms with E-state index in [1.807, 2.05) is 38.1 Å². The van der Waals surface area contributed by atoms with Gasteiger partial charge in [0, 0.05) is 283 Å². The molecule has 2 nitrogen and oxygen atoms in total. The van der Waals surface area contributed by atoms with E-state index in [-0.39, 0.29) is 12.8 Å². The third-order valence-corrected chi connectivity index (χ3v) is 15.8. The molecule has 0 bridgehead atoms. The van der Waals surface area contributed by atoms with Crippen molar-refractivity contribution in [1.82, 2.24) is 9.13 Å². The number of rotatable bonds is 17.